The number of piperazine rings is 1. The fourth-order valence-corrected chi connectivity index (χ4v) is 4.49. The Morgan fingerprint density at radius 2 is 1.96 bits per heavy atom. The van der Waals surface area contributed by atoms with Gasteiger partial charge >= 0.3 is 6.16 Å². The van der Waals surface area contributed by atoms with Gasteiger partial charge in [0.15, 0.2) is 5.75 Å². The minimum absolute atomic E-state index is 0.0300. The Hall–Kier alpha value is -2.61. The normalized spacial score (nSPS) is 24.4. The molecule has 0 aliphatic carbocycles. The number of pyridine rings is 1. The number of halogens is 1. The van der Waals surface area contributed by atoms with Crippen LogP contribution in [-0.4, -0.2) is 41.0 Å². The molecule has 3 unspecified atom stereocenters. The Morgan fingerprint density at radius 3 is 2.59 bits per heavy atom. The molecule has 1 aromatic carbocycles. The van der Waals surface area contributed by atoms with E-state index in [1.165, 1.54) is 12.3 Å². The molecule has 0 bridgehead atoms. The van der Waals surface area contributed by atoms with Crippen LogP contribution in [0.1, 0.15) is 32.4 Å². The van der Waals surface area contributed by atoms with Gasteiger partial charge in [0.05, 0.1) is 22.8 Å². The predicted octanol–water partition coefficient (Wildman–Crippen LogP) is 2.50. The molecule has 27 heavy (non-hydrogen) atoms. The molecule has 7 nitrogen and oxygen atoms in total. The summed E-state index contributed by atoms with van der Waals surface area (Å²) >= 11 is 0. The van der Waals surface area contributed by atoms with Crippen LogP contribution >= 0.6 is 0 Å². The van der Waals surface area contributed by atoms with E-state index in [1.807, 2.05) is 16.4 Å². The molecule has 2 aliphatic rings. The molecular formula is C19H22FN3O4. The van der Waals surface area contributed by atoms with Crippen LogP contribution in [0.4, 0.5) is 14.9 Å². The molecule has 1 aromatic heterocycles. The maximum Gasteiger partial charge on any atom is 0.511 e. The third kappa shape index (κ3) is 2.84. The van der Waals surface area contributed by atoms with Gasteiger partial charge in [-0.25, -0.2) is 9.18 Å². The van der Waals surface area contributed by atoms with Crippen LogP contribution in [0.2, 0.25) is 0 Å². The van der Waals surface area contributed by atoms with Crippen LogP contribution in [0.3, 0.4) is 0 Å². The molecule has 3 atom stereocenters. The molecule has 1 saturated heterocycles. The van der Waals surface area contributed by atoms with Gasteiger partial charge in [-0.05, 0) is 33.3 Å². The summed E-state index contributed by atoms with van der Waals surface area (Å²) in [5.74, 6) is -0.754. The van der Waals surface area contributed by atoms with E-state index in [4.69, 9.17) is 5.11 Å². The maximum absolute atomic E-state index is 15.2. The number of ether oxygens (including phenoxy) is 1. The third-order valence-electron chi connectivity index (χ3n) is 5.35. The molecule has 3 heterocycles. The zero-order chi connectivity index (χ0) is 19.5. The number of carboxylic acid groups (broad SMARTS) is 1. The largest absolute Gasteiger partial charge is 0.511 e. The molecule has 0 amide bonds. The highest BCUT2D eigenvalue weighted by Crippen LogP contribution is 2.40. The maximum atomic E-state index is 15.2. The first-order valence-corrected chi connectivity index (χ1v) is 9.08. The number of hydrogen-bond acceptors (Lipinski definition) is 5. The Labute approximate surface area is 155 Å². The topological polar surface area (TPSA) is 83.8 Å². The molecule has 8 heteroatoms. The molecule has 0 saturated carbocycles. The van der Waals surface area contributed by atoms with E-state index in [0.29, 0.717) is 30.7 Å². The summed E-state index contributed by atoms with van der Waals surface area (Å²) in [6, 6.07) is 1.64. The van der Waals surface area contributed by atoms with Gasteiger partial charge in [0, 0.05) is 36.8 Å². The van der Waals surface area contributed by atoms with Gasteiger partial charge < -0.3 is 24.6 Å². The molecule has 0 radical (unpaired) electrons. The summed E-state index contributed by atoms with van der Waals surface area (Å²) in [6.45, 7) is 7.44. The second-order valence-corrected chi connectivity index (χ2v) is 7.61. The van der Waals surface area contributed by atoms with Gasteiger partial charge in [-0.1, -0.05) is 0 Å². The quantitative estimate of drug-likeness (QED) is 0.785. The van der Waals surface area contributed by atoms with Crippen molar-refractivity contribution in [1.82, 2.24) is 9.88 Å². The lowest BCUT2D eigenvalue weighted by atomic mass is 10.0. The average Bonchev–Trinajstić information content (AvgIpc) is 2.87. The van der Waals surface area contributed by atoms with Crippen LogP contribution in [0.15, 0.2) is 17.1 Å². The second-order valence-electron chi connectivity index (χ2n) is 7.61. The Kier molecular flexibility index (Phi) is 4.10. The van der Waals surface area contributed by atoms with Gasteiger partial charge in [0.1, 0.15) is 5.82 Å². The van der Waals surface area contributed by atoms with Crippen LogP contribution in [0.5, 0.6) is 5.75 Å². The minimum atomic E-state index is -1.56. The standard InChI is InChI=1S/C19H22FN3O4/c1-9-6-22(7-10(2)21-9)17-12-4-11(3)23-8-15(27-19(25)26)18(24)13(16(12)23)5-14(17)20/h5,8-11,21H,4,6-7H2,1-3H3,(H,25,26). The number of carbonyl (C=O) groups is 1. The van der Waals surface area contributed by atoms with Crippen molar-refractivity contribution in [3.05, 3.63) is 33.9 Å². The van der Waals surface area contributed by atoms with Crippen molar-refractivity contribution >= 4 is 22.7 Å². The number of benzene rings is 1. The smallest absolute Gasteiger partial charge is 0.449 e. The molecule has 0 spiro atoms. The van der Waals surface area contributed by atoms with Crippen LogP contribution < -0.4 is 20.4 Å². The van der Waals surface area contributed by atoms with Gasteiger partial charge in [0.2, 0.25) is 5.43 Å². The highest BCUT2D eigenvalue weighted by Gasteiger charge is 2.32. The zero-order valence-corrected chi connectivity index (χ0v) is 15.5. The number of rotatable bonds is 2. The summed E-state index contributed by atoms with van der Waals surface area (Å²) in [4.78, 5) is 25.6. The molecule has 1 fully saturated rings. The van der Waals surface area contributed by atoms with Crippen molar-refractivity contribution in [2.24, 2.45) is 0 Å². The van der Waals surface area contributed by atoms with Crippen LogP contribution in [-0.2, 0) is 6.42 Å². The molecule has 2 aliphatic heterocycles. The monoisotopic (exact) mass is 375 g/mol. The molecule has 4 rings (SSSR count). The summed E-state index contributed by atoms with van der Waals surface area (Å²) in [5, 5.41) is 12.5. The van der Waals surface area contributed by atoms with Crippen molar-refractivity contribution in [3.63, 3.8) is 0 Å². The highest BCUT2D eigenvalue weighted by atomic mass is 19.1. The Bertz CT molecular complexity index is 993. The Balaban J connectivity index is 1.94. The fraction of sp³-hybridized carbons (Fsp3) is 0.474. The number of nitrogens with zero attached hydrogens (tertiary/aromatic N) is 2. The van der Waals surface area contributed by atoms with E-state index in [0.717, 1.165) is 5.56 Å². The number of nitrogens with one attached hydrogen (secondary N) is 1. The van der Waals surface area contributed by atoms with E-state index in [9.17, 15) is 9.59 Å². The van der Waals surface area contributed by atoms with Crippen molar-refractivity contribution in [3.8, 4) is 5.75 Å². The van der Waals surface area contributed by atoms with Crippen molar-refractivity contribution in [2.45, 2.75) is 45.3 Å². The first kappa shape index (κ1) is 17.8. The van der Waals surface area contributed by atoms with E-state index in [-0.39, 0.29) is 29.3 Å². The summed E-state index contributed by atoms with van der Waals surface area (Å²) < 4.78 is 21.6. The summed E-state index contributed by atoms with van der Waals surface area (Å²) in [5.41, 5.74) is 1.41. The number of hydrogen-bond donors (Lipinski definition) is 2. The number of aromatic nitrogens is 1. The van der Waals surface area contributed by atoms with Gasteiger partial charge in [0.25, 0.3) is 0 Å². The van der Waals surface area contributed by atoms with E-state index < -0.39 is 17.4 Å². The lowest BCUT2D eigenvalue weighted by Gasteiger charge is -2.38. The van der Waals surface area contributed by atoms with Gasteiger partial charge in [-0.15, -0.1) is 0 Å². The van der Waals surface area contributed by atoms with E-state index in [1.54, 1.807) is 0 Å². The van der Waals surface area contributed by atoms with Gasteiger partial charge in [-0.3, -0.25) is 4.79 Å². The molecule has 2 N–H and O–H groups in total. The lowest BCUT2D eigenvalue weighted by molar-refractivity contribution is 0.143. The first-order chi connectivity index (χ1) is 12.8. The third-order valence-corrected chi connectivity index (χ3v) is 5.35. The SMILES string of the molecule is CC1CN(c2c(F)cc3c(=O)c(OC(=O)O)cn4c3c2CC4C)CC(C)N1. The Morgan fingerprint density at radius 1 is 1.30 bits per heavy atom. The van der Waals surface area contributed by atoms with E-state index >= 15 is 4.39 Å². The van der Waals surface area contributed by atoms with Crippen molar-refractivity contribution in [1.29, 1.82) is 0 Å². The average molecular weight is 375 g/mol. The van der Waals surface area contributed by atoms with Crippen LogP contribution in [0, 0.1) is 5.82 Å². The van der Waals surface area contributed by atoms with Crippen LogP contribution in [0.25, 0.3) is 10.9 Å². The van der Waals surface area contributed by atoms with Gasteiger partial charge in [-0.2, -0.15) is 0 Å². The molecular weight excluding hydrogens is 353 g/mol. The molecule has 144 valence electrons. The minimum Gasteiger partial charge on any atom is -0.449 e. The second kappa shape index (κ2) is 6.23. The number of anilines is 1. The summed E-state index contributed by atoms with van der Waals surface area (Å²) in [6.07, 6.45) is 0.433. The highest BCUT2D eigenvalue weighted by molar-refractivity contribution is 5.90. The first-order valence-electron chi connectivity index (χ1n) is 9.08. The summed E-state index contributed by atoms with van der Waals surface area (Å²) in [7, 11) is 0. The van der Waals surface area contributed by atoms with Crippen molar-refractivity contribution < 1.29 is 19.0 Å². The van der Waals surface area contributed by atoms with E-state index in [2.05, 4.69) is 23.9 Å². The fourth-order valence-electron chi connectivity index (χ4n) is 4.49. The molecule has 2 aromatic rings. The van der Waals surface area contributed by atoms with Crippen molar-refractivity contribution in [2.75, 3.05) is 18.0 Å². The predicted molar refractivity (Wildman–Crippen MR) is 99.5 cm³/mol. The lowest BCUT2D eigenvalue weighted by Crippen LogP contribution is -2.54. The zero-order valence-electron chi connectivity index (χ0n) is 15.5.